The first-order valence-corrected chi connectivity index (χ1v) is 4.96. The number of hydrogen-bond acceptors (Lipinski definition) is 2. The predicted molar refractivity (Wildman–Crippen MR) is 57.3 cm³/mol. The van der Waals surface area contributed by atoms with Crippen molar-refractivity contribution >= 4 is 5.69 Å². The summed E-state index contributed by atoms with van der Waals surface area (Å²) in [6.45, 7) is 2.02. The molecule has 0 aromatic heterocycles. The quantitative estimate of drug-likeness (QED) is 0.709. The normalized spacial score (nSPS) is 14.9. The molecule has 0 amide bonds. The molecule has 14 heavy (non-hydrogen) atoms. The molecule has 1 fully saturated rings. The van der Waals surface area contributed by atoms with Crippen LogP contribution in [0.3, 0.4) is 0 Å². The smallest absolute Gasteiger partial charge is 0.101 e. The largest absolute Gasteiger partial charge is 0.371 e. The van der Waals surface area contributed by atoms with Gasteiger partial charge in [-0.2, -0.15) is 5.26 Å². The van der Waals surface area contributed by atoms with Crippen LogP contribution in [0.25, 0.3) is 0 Å². The fraction of sp³-hybridized carbons (Fsp3) is 0.417. The Morgan fingerprint density at radius 2 is 2.14 bits per heavy atom. The number of nitrogens with zero attached hydrogens (tertiary/aromatic N) is 2. The highest BCUT2D eigenvalue weighted by Gasteiger charge is 2.27. The fourth-order valence-corrected chi connectivity index (χ4v) is 1.71. The van der Waals surface area contributed by atoms with E-state index in [0.29, 0.717) is 6.04 Å². The van der Waals surface area contributed by atoms with Crippen LogP contribution in [0.5, 0.6) is 0 Å². The van der Waals surface area contributed by atoms with Gasteiger partial charge in [0.15, 0.2) is 0 Å². The van der Waals surface area contributed by atoms with Gasteiger partial charge < -0.3 is 4.90 Å². The number of nitriles is 1. The molecular formula is C12H14N2. The Morgan fingerprint density at radius 1 is 1.43 bits per heavy atom. The van der Waals surface area contributed by atoms with Crippen LogP contribution in [0.4, 0.5) is 5.69 Å². The number of rotatable bonds is 2. The Hall–Kier alpha value is -1.49. The zero-order valence-electron chi connectivity index (χ0n) is 8.62. The molecule has 1 aliphatic carbocycles. The van der Waals surface area contributed by atoms with Gasteiger partial charge in [-0.25, -0.2) is 0 Å². The Balaban J connectivity index is 2.36. The van der Waals surface area contributed by atoms with Crippen LogP contribution in [0.1, 0.15) is 24.0 Å². The zero-order chi connectivity index (χ0) is 10.1. The van der Waals surface area contributed by atoms with E-state index in [1.54, 1.807) is 0 Å². The molecule has 0 N–H and O–H groups in total. The molecule has 0 aliphatic heterocycles. The summed E-state index contributed by atoms with van der Waals surface area (Å²) >= 11 is 0. The minimum Gasteiger partial charge on any atom is -0.371 e. The summed E-state index contributed by atoms with van der Waals surface area (Å²) in [6, 6.07) is 8.98. The van der Waals surface area contributed by atoms with Gasteiger partial charge in [-0.1, -0.05) is 6.07 Å². The molecule has 0 saturated heterocycles. The van der Waals surface area contributed by atoms with Gasteiger partial charge in [0.1, 0.15) is 6.07 Å². The molecule has 2 nitrogen and oxygen atoms in total. The second-order valence-electron chi connectivity index (χ2n) is 3.97. The Bertz CT molecular complexity index is 386. The van der Waals surface area contributed by atoms with Crippen molar-refractivity contribution in [1.82, 2.24) is 0 Å². The highest BCUT2D eigenvalue weighted by molar-refractivity contribution is 5.61. The van der Waals surface area contributed by atoms with E-state index in [-0.39, 0.29) is 0 Å². The predicted octanol–water partition coefficient (Wildman–Crippen LogP) is 2.47. The fourth-order valence-electron chi connectivity index (χ4n) is 1.71. The molecule has 1 aliphatic rings. The van der Waals surface area contributed by atoms with E-state index in [9.17, 15) is 0 Å². The van der Waals surface area contributed by atoms with Crippen molar-refractivity contribution in [2.24, 2.45) is 0 Å². The molecule has 72 valence electrons. The highest BCUT2D eigenvalue weighted by Crippen LogP contribution is 2.32. The maximum absolute atomic E-state index is 9.02. The third-order valence-corrected chi connectivity index (χ3v) is 2.75. The van der Waals surface area contributed by atoms with Gasteiger partial charge in [-0.3, -0.25) is 0 Å². The van der Waals surface area contributed by atoms with Crippen LogP contribution in [0.15, 0.2) is 18.2 Å². The lowest BCUT2D eigenvalue weighted by Crippen LogP contribution is -2.20. The first kappa shape index (κ1) is 9.08. The molecule has 2 rings (SSSR count). The first-order valence-electron chi connectivity index (χ1n) is 4.96. The van der Waals surface area contributed by atoms with Crippen molar-refractivity contribution in [2.45, 2.75) is 25.8 Å². The summed E-state index contributed by atoms with van der Waals surface area (Å²) in [5.41, 5.74) is 3.01. The minimum absolute atomic E-state index is 0.657. The summed E-state index contributed by atoms with van der Waals surface area (Å²) in [5.74, 6) is 0. The lowest BCUT2D eigenvalue weighted by atomic mass is 10.1. The molecule has 0 bridgehead atoms. The van der Waals surface area contributed by atoms with Crippen molar-refractivity contribution in [2.75, 3.05) is 11.9 Å². The molecule has 0 atom stereocenters. The van der Waals surface area contributed by atoms with Gasteiger partial charge in [0.2, 0.25) is 0 Å². The van der Waals surface area contributed by atoms with E-state index in [2.05, 4.69) is 24.1 Å². The topological polar surface area (TPSA) is 27.0 Å². The average molecular weight is 186 g/mol. The van der Waals surface area contributed by atoms with Crippen LogP contribution in [-0.2, 0) is 0 Å². The molecule has 0 heterocycles. The van der Waals surface area contributed by atoms with Gasteiger partial charge >= 0.3 is 0 Å². The van der Waals surface area contributed by atoms with Crippen LogP contribution in [-0.4, -0.2) is 13.1 Å². The molecule has 0 unspecified atom stereocenters. The van der Waals surface area contributed by atoms with E-state index >= 15 is 0 Å². The molecule has 0 spiro atoms. The van der Waals surface area contributed by atoms with E-state index in [4.69, 9.17) is 5.26 Å². The van der Waals surface area contributed by atoms with E-state index < -0.39 is 0 Å². The lowest BCUT2D eigenvalue weighted by Gasteiger charge is -2.19. The summed E-state index contributed by atoms with van der Waals surface area (Å²) in [4.78, 5) is 2.22. The summed E-state index contributed by atoms with van der Waals surface area (Å²) in [6.07, 6.45) is 2.52. The van der Waals surface area contributed by atoms with E-state index in [0.717, 1.165) is 16.8 Å². The van der Waals surface area contributed by atoms with E-state index in [1.807, 2.05) is 19.1 Å². The SMILES string of the molecule is Cc1ccc(N(C)C2CC2)c(C#N)c1. The van der Waals surface area contributed by atoms with Gasteiger partial charge in [-0.05, 0) is 37.5 Å². The second-order valence-corrected chi connectivity index (χ2v) is 3.97. The standard InChI is InChI=1S/C12H14N2/c1-9-3-6-12(10(7-9)8-13)14(2)11-4-5-11/h3,6-7,11H,4-5H2,1-2H3. The third-order valence-electron chi connectivity index (χ3n) is 2.75. The second kappa shape index (κ2) is 3.34. The highest BCUT2D eigenvalue weighted by atomic mass is 15.2. The van der Waals surface area contributed by atoms with Gasteiger partial charge in [-0.15, -0.1) is 0 Å². The lowest BCUT2D eigenvalue weighted by molar-refractivity contribution is 0.914. The van der Waals surface area contributed by atoms with Crippen LogP contribution in [0, 0.1) is 18.3 Å². The third kappa shape index (κ3) is 1.58. The van der Waals surface area contributed by atoms with Gasteiger partial charge in [0.25, 0.3) is 0 Å². The Labute approximate surface area is 84.8 Å². The zero-order valence-corrected chi connectivity index (χ0v) is 8.62. The maximum Gasteiger partial charge on any atom is 0.101 e. The minimum atomic E-state index is 0.657. The average Bonchev–Trinajstić information content (AvgIpc) is 3.00. The number of benzene rings is 1. The monoisotopic (exact) mass is 186 g/mol. The van der Waals surface area contributed by atoms with Crippen molar-refractivity contribution in [3.8, 4) is 6.07 Å². The molecule has 1 aromatic rings. The van der Waals surface area contributed by atoms with Crippen LogP contribution < -0.4 is 4.90 Å². The maximum atomic E-state index is 9.02. The van der Waals surface area contributed by atoms with Crippen LogP contribution in [0.2, 0.25) is 0 Å². The molecular weight excluding hydrogens is 172 g/mol. The number of hydrogen-bond donors (Lipinski definition) is 0. The van der Waals surface area contributed by atoms with E-state index in [1.165, 1.54) is 12.8 Å². The summed E-state index contributed by atoms with van der Waals surface area (Å²) in [5, 5.41) is 9.02. The van der Waals surface area contributed by atoms with Gasteiger partial charge in [0.05, 0.1) is 11.3 Å². The first-order chi connectivity index (χ1) is 6.72. The Kier molecular flexibility index (Phi) is 2.17. The van der Waals surface area contributed by atoms with Crippen molar-refractivity contribution in [3.63, 3.8) is 0 Å². The number of anilines is 1. The molecule has 2 heteroatoms. The van der Waals surface area contributed by atoms with Crippen molar-refractivity contribution < 1.29 is 0 Å². The summed E-state index contributed by atoms with van der Waals surface area (Å²) in [7, 11) is 2.07. The van der Waals surface area contributed by atoms with Crippen molar-refractivity contribution in [3.05, 3.63) is 29.3 Å². The van der Waals surface area contributed by atoms with Gasteiger partial charge in [0, 0.05) is 13.1 Å². The molecule has 0 radical (unpaired) electrons. The van der Waals surface area contributed by atoms with Crippen LogP contribution >= 0.6 is 0 Å². The van der Waals surface area contributed by atoms with Crippen molar-refractivity contribution in [1.29, 1.82) is 5.26 Å². The molecule has 1 saturated carbocycles. The number of aryl methyl sites for hydroxylation is 1. The summed E-state index contributed by atoms with van der Waals surface area (Å²) < 4.78 is 0. The Morgan fingerprint density at radius 3 is 2.71 bits per heavy atom. The molecule has 1 aromatic carbocycles.